The zero-order valence-corrected chi connectivity index (χ0v) is 14.5. The maximum absolute atomic E-state index is 11.8. The van der Waals surface area contributed by atoms with Crippen LogP contribution in [0.15, 0.2) is 60.0 Å². The number of urea groups is 1. The van der Waals surface area contributed by atoms with Crippen molar-refractivity contribution in [3.05, 3.63) is 75.1 Å². The molecule has 26 heavy (non-hydrogen) atoms. The SMILES string of the molecule is O=C(NCCc1nc(-c2ccc([N+](=O)[O-])cc2)cs1)Nc1ccccc1. The molecule has 1 aromatic heterocycles. The average Bonchev–Trinajstić information content (AvgIpc) is 3.11. The lowest BCUT2D eigenvalue weighted by Crippen LogP contribution is -2.30. The van der Waals surface area contributed by atoms with E-state index >= 15 is 0 Å². The van der Waals surface area contributed by atoms with Crippen molar-refractivity contribution < 1.29 is 9.72 Å². The van der Waals surface area contributed by atoms with Gasteiger partial charge in [0.15, 0.2) is 0 Å². The van der Waals surface area contributed by atoms with Gasteiger partial charge < -0.3 is 10.6 Å². The number of carbonyl (C=O) groups is 1. The van der Waals surface area contributed by atoms with E-state index in [2.05, 4.69) is 15.6 Å². The van der Waals surface area contributed by atoms with Crippen LogP contribution in [0.2, 0.25) is 0 Å². The van der Waals surface area contributed by atoms with E-state index in [1.807, 2.05) is 35.7 Å². The number of amides is 2. The van der Waals surface area contributed by atoms with Gasteiger partial charge >= 0.3 is 6.03 Å². The van der Waals surface area contributed by atoms with Crippen LogP contribution in [0.25, 0.3) is 11.3 Å². The topological polar surface area (TPSA) is 97.2 Å². The van der Waals surface area contributed by atoms with Gasteiger partial charge in [-0.05, 0) is 24.3 Å². The fourth-order valence-corrected chi connectivity index (χ4v) is 3.10. The summed E-state index contributed by atoms with van der Waals surface area (Å²) >= 11 is 1.49. The number of carbonyl (C=O) groups excluding carboxylic acids is 1. The predicted molar refractivity (Wildman–Crippen MR) is 101 cm³/mol. The van der Waals surface area contributed by atoms with E-state index in [4.69, 9.17) is 0 Å². The Morgan fingerprint density at radius 1 is 1.12 bits per heavy atom. The van der Waals surface area contributed by atoms with Crippen molar-refractivity contribution >= 4 is 28.7 Å². The molecule has 0 aliphatic rings. The summed E-state index contributed by atoms with van der Waals surface area (Å²) in [5.74, 6) is 0. The van der Waals surface area contributed by atoms with Gasteiger partial charge in [0.1, 0.15) is 0 Å². The molecule has 0 fully saturated rings. The van der Waals surface area contributed by atoms with Crippen molar-refractivity contribution in [1.29, 1.82) is 0 Å². The smallest absolute Gasteiger partial charge is 0.319 e. The summed E-state index contributed by atoms with van der Waals surface area (Å²) in [7, 11) is 0. The molecule has 0 saturated carbocycles. The second-order valence-electron chi connectivity index (χ2n) is 5.43. The zero-order chi connectivity index (χ0) is 18.4. The number of para-hydroxylation sites is 1. The van der Waals surface area contributed by atoms with Crippen molar-refractivity contribution in [2.75, 3.05) is 11.9 Å². The predicted octanol–water partition coefficient (Wildman–Crippen LogP) is 4.08. The highest BCUT2D eigenvalue weighted by Crippen LogP contribution is 2.24. The molecular formula is C18H16N4O3S. The van der Waals surface area contributed by atoms with Gasteiger partial charge in [-0.1, -0.05) is 18.2 Å². The highest BCUT2D eigenvalue weighted by Gasteiger charge is 2.09. The van der Waals surface area contributed by atoms with Gasteiger partial charge in [-0.15, -0.1) is 11.3 Å². The number of benzene rings is 2. The molecule has 0 bridgehead atoms. The summed E-state index contributed by atoms with van der Waals surface area (Å²) in [5.41, 5.74) is 2.39. The third-order valence-electron chi connectivity index (χ3n) is 3.58. The minimum absolute atomic E-state index is 0.0535. The minimum Gasteiger partial charge on any atom is -0.337 e. The largest absolute Gasteiger partial charge is 0.337 e. The van der Waals surface area contributed by atoms with Crippen LogP contribution in [0.3, 0.4) is 0 Å². The molecule has 2 aromatic carbocycles. The van der Waals surface area contributed by atoms with Gasteiger partial charge in [-0.25, -0.2) is 9.78 Å². The van der Waals surface area contributed by atoms with Gasteiger partial charge in [-0.2, -0.15) is 0 Å². The van der Waals surface area contributed by atoms with Crippen LogP contribution in [0.5, 0.6) is 0 Å². The van der Waals surface area contributed by atoms with Crippen molar-refractivity contribution in [3.8, 4) is 11.3 Å². The second kappa shape index (κ2) is 8.21. The lowest BCUT2D eigenvalue weighted by atomic mass is 10.1. The molecule has 0 saturated heterocycles. The van der Waals surface area contributed by atoms with E-state index in [0.717, 1.165) is 22.0 Å². The van der Waals surface area contributed by atoms with Gasteiger partial charge in [-0.3, -0.25) is 10.1 Å². The molecule has 0 spiro atoms. The van der Waals surface area contributed by atoms with Crippen molar-refractivity contribution in [2.24, 2.45) is 0 Å². The molecule has 3 rings (SSSR count). The number of hydrogen-bond donors (Lipinski definition) is 2. The number of non-ortho nitro benzene ring substituents is 1. The molecule has 2 amide bonds. The lowest BCUT2D eigenvalue weighted by Gasteiger charge is -2.06. The number of rotatable bonds is 6. The van der Waals surface area contributed by atoms with E-state index in [-0.39, 0.29) is 11.7 Å². The fourth-order valence-electron chi connectivity index (χ4n) is 2.29. The Hall–Kier alpha value is -3.26. The summed E-state index contributed by atoms with van der Waals surface area (Å²) in [6.07, 6.45) is 0.611. The number of hydrogen-bond acceptors (Lipinski definition) is 5. The second-order valence-corrected chi connectivity index (χ2v) is 6.37. The van der Waals surface area contributed by atoms with Gasteiger partial charge in [0.2, 0.25) is 0 Å². The molecule has 2 N–H and O–H groups in total. The number of thiazole rings is 1. The van der Waals surface area contributed by atoms with Crippen LogP contribution >= 0.6 is 11.3 Å². The molecule has 0 aliphatic carbocycles. The monoisotopic (exact) mass is 368 g/mol. The van der Waals surface area contributed by atoms with E-state index < -0.39 is 4.92 Å². The number of nitrogens with one attached hydrogen (secondary N) is 2. The van der Waals surface area contributed by atoms with Gasteiger partial charge in [0.25, 0.3) is 5.69 Å². The quantitative estimate of drug-likeness (QED) is 0.506. The van der Waals surface area contributed by atoms with E-state index in [1.54, 1.807) is 12.1 Å². The van der Waals surface area contributed by atoms with Crippen molar-refractivity contribution in [1.82, 2.24) is 10.3 Å². The number of anilines is 1. The Morgan fingerprint density at radius 2 is 1.85 bits per heavy atom. The Balaban J connectivity index is 1.50. The van der Waals surface area contributed by atoms with Crippen molar-refractivity contribution in [3.63, 3.8) is 0 Å². The molecule has 8 heteroatoms. The Kier molecular flexibility index (Phi) is 5.55. The van der Waals surface area contributed by atoms with Crippen LogP contribution in [0.1, 0.15) is 5.01 Å². The molecule has 0 aliphatic heterocycles. The highest BCUT2D eigenvalue weighted by molar-refractivity contribution is 7.09. The Bertz CT molecular complexity index is 894. The minimum atomic E-state index is -0.428. The normalized spacial score (nSPS) is 10.3. The summed E-state index contributed by atoms with van der Waals surface area (Å²) in [6.45, 7) is 0.464. The van der Waals surface area contributed by atoms with E-state index in [1.165, 1.54) is 23.5 Å². The van der Waals surface area contributed by atoms with Gasteiger partial charge in [0, 0.05) is 41.7 Å². The summed E-state index contributed by atoms with van der Waals surface area (Å²) in [4.78, 5) is 26.6. The molecule has 0 atom stereocenters. The fraction of sp³-hybridized carbons (Fsp3) is 0.111. The Morgan fingerprint density at radius 3 is 2.54 bits per heavy atom. The average molecular weight is 368 g/mol. The van der Waals surface area contributed by atoms with Gasteiger partial charge in [0.05, 0.1) is 15.6 Å². The number of nitrogens with zero attached hydrogens (tertiary/aromatic N) is 2. The third kappa shape index (κ3) is 4.64. The number of nitro benzene ring substituents is 1. The van der Waals surface area contributed by atoms with E-state index in [9.17, 15) is 14.9 Å². The molecule has 0 radical (unpaired) electrons. The molecule has 1 heterocycles. The van der Waals surface area contributed by atoms with Crippen LogP contribution in [0.4, 0.5) is 16.2 Å². The maximum atomic E-state index is 11.8. The third-order valence-corrected chi connectivity index (χ3v) is 4.49. The summed E-state index contributed by atoms with van der Waals surface area (Å²) < 4.78 is 0. The Labute approximate surface area is 153 Å². The molecule has 132 valence electrons. The zero-order valence-electron chi connectivity index (χ0n) is 13.7. The maximum Gasteiger partial charge on any atom is 0.319 e. The van der Waals surface area contributed by atoms with Crippen LogP contribution in [-0.2, 0) is 6.42 Å². The van der Waals surface area contributed by atoms with Crippen molar-refractivity contribution in [2.45, 2.75) is 6.42 Å². The highest BCUT2D eigenvalue weighted by atomic mass is 32.1. The van der Waals surface area contributed by atoms with E-state index in [0.29, 0.717) is 13.0 Å². The number of nitro groups is 1. The summed E-state index contributed by atoms with van der Waals surface area (Å²) in [6, 6.07) is 15.2. The molecular weight excluding hydrogens is 352 g/mol. The standard InChI is InChI=1S/C18H16N4O3S/c23-18(20-14-4-2-1-3-5-14)19-11-10-17-21-16(12-26-17)13-6-8-15(9-7-13)22(24)25/h1-9,12H,10-11H2,(H2,19,20,23). The first-order valence-electron chi connectivity index (χ1n) is 7.91. The van der Waals surface area contributed by atoms with Crippen LogP contribution in [-0.4, -0.2) is 22.5 Å². The first-order chi connectivity index (χ1) is 12.6. The lowest BCUT2D eigenvalue weighted by molar-refractivity contribution is -0.384. The first-order valence-corrected chi connectivity index (χ1v) is 8.79. The van der Waals surface area contributed by atoms with Crippen LogP contribution < -0.4 is 10.6 Å². The molecule has 7 nitrogen and oxygen atoms in total. The van der Waals surface area contributed by atoms with Crippen LogP contribution in [0, 0.1) is 10.1 Å². The molecule has 3 aromatic rings. The molecule has 0 unspecified atom stereocenters. The number of aromatic nitrogens is 1. The summed E-state index contributed by atoms with van der Waals surface area (Å²) in [5, 5.41) is 19.0. The first kappa shape index (κ1) is 17.6.